The molecule has 0 bridgehead atoms. The molecule has 2 heterocycles. The maximum absolute atomic E-state index is 4.91. The summed E-state index contributed by atoms with van der Waals surface area (Å²) in [5.41, 5.74) is 6.73. The number of fused-ring (bicyclic) bond motifs is 1. The SMILES string of the molecule is Cc1sc(-c2ccc(-c3nc4ccccc4[nH]3)cc2)nc1Cc1ccccc1. The van der Waals surface area contributed by atoms with Crippen LogP contribution in [0.1, 0.15) is 16.1 Å². The van der Waals surface area contributed by atoms with Crippen LogP contribution in [0.2, 0.25) is 0 Å². The van der Waals surface area contributed by atoms with Gasteiger partial charge in [0.1, 0.15) is 10.8 Å². The largest absolute Gasteiger partial charge is 0.338 e. The molecule has 0 aliphatic heterocycles. The molecule has 5 rings (SSSR count). The summed E-state index contributed by atoms with van der Waals surface area (Å²) < 4.78 is 0. The number of hydrogen-bond donors (Lipinski definition) is 1. The second-order valence-corrected chi connectivity index (χ2v) is 8.07. The number of nitrogens with one attached hydrogen (secondary N) is 1. The second kappa shape index (κ2) is 7.06. The molecule has 5 aromatic rings. The van der Waals surface area contributed by atoms with Gasteiger partial charge in [-0.2, -0.15) is 0 Å². The maximum Gasteiger partial charge on any atom is 0.138 e. The highest BCUT2D eigenvalue weighted by Crippen LogP contribution is 2.30. The lowest BCUT2D eigenvalue weighted by molar-refractivity contribution is 1.09. The van der Waals surface area contributed by atoms with Crippen LogP contribution >= 0.6 is 11.3 Å². The first-order valence-electron chi connectivity index (χ1n) is 9.32. The average molecular weight is 382 g/mol. The number of hydrogen-bond acceptors (Lipinski definition) is 3. The van der Waals surface area contributed by atoms with E-state index in [1.165, 1.54) is 10.4 Å². The summed E-state index contributed by atoms with van der Waals surface area (Å²) in [6, 6.07) is 27.1. The van der Waals surface area contributed by atoms with Crippen LogP contribution in [0, 0.1) is 6.92 Å². The molecule has 136 valence electrons. The van der Waals surface area contributed by atoms with Gasteiger partial charge in [0, 0.05) is 22.4 Å². The molecule has 0 radical (unpaired) electrons. The van der Waals surface area contributed by atoms with Crippen molar-refractivity contribution in [3.63, 3.8) is 0 Å². The number of benzene rings is 3. The smallest absolute Gasteiger partial charge is 0.138 e. The Morgan fingerprint density at radius 3 is 2.29 bits per heavy atom. The van der Waals surface area contributed by atoms with Gasteiger partial charge in [0.05, 0.1) is 16.7 Å². The number of aromatic nitrogens is 3. The maximum atomic E-state index is 4.91. The molecule has 4 heteroatoms. The number of aryl methyl sites for hydroxylation is 1. The Balaban J connectivity index is 1.42. The minimum absolute atomic E-state index is 0.875. The third-order valence-electron chi connectivity index (χ3n) is 4.90. The zero-order valence-corrected chi connectivity index (χ0v) is 16.3. The van der Waals surface area contributed by atoms with E-state index >= 15 is 0 Å². The summed E-state index contributed by atoms with van der Waals surface area (Å²) in [5.74, 6) is 0.896. The first kappa shape index (κ1) is 16.9. The Kier molecular flexibility index (Phi) is 4.26. The van der Waals surface area contributed by atoms with Crippen LogP contribution in [-0.2, 0) is 6.42 Å². The van der Waals surface area contributed by atoms with Crippen LogP contribution in [-0.4, -0.2) is 15.0 Å². The van der Waals surface area contributed by atoms with E-state index in [4.69, 9.17) is 4.98 Å². The lowest BCUT2D eigenvalue weighted by Gasteiger charge is -2.00. The van der Waals surface area contributed by atoms with Gasteiger partial charge in [-0.25, -0.2) is 9.97 Å². The number of H-pyrrole nitrogens is 1. The van der Waals surface area contributed by atoms with Crippen molar-refractivity contribution < 1.29 is 0 Å². The van der Waals surface area contributed by atoms with E-state index in [1.54, 1.807) is 11.3 Å². The zero-order valence-electron chi connectivity index (χ0n) is 15.5. The molecule has 0 atom stereocenters. The van der Waals surface area contributed by atoms with Crippen LogP contribution in [0.5, 0.6) is 0 Å². The minimum Gasteiger partial charge on any atom is -0.338 e. The Hall–Kier alpha value is -3.24. The number of thiazole rings is 1. The van der Waals surface area contributed by atoms with E-state index in [0.29, 0.717) is 0 Å². The van der Waals surface area contributed by atoms with Crippen molar-refractivity contribution in [2.45, 2.75) is 13.3 Å². The summed E-state index contributed by atoms with van der Waals surface area (Å²) in [5, 5.41) is 1.07. The minimum atomic E-state index is 0.875. The molecule has 0 amide bonds. The number of aromatic amines is 1. The van der Waals surface area contributed by atoms with Gasteiger partial charge in [0.25, 0.3) is 0 Å². The third-order valence-corrected chi connectivity index (χ3v) is 5.96. The van der Waals surface area contributed by atoms with Crippen LogP contribution in [0.25, 0.3) is 33.0 Å². The van der Waals surface area contributed by atoms with Crippen molar-refractivity contribution in [3.8, 4) is 22.0 Å². The molecule has 0 fully saturated rings. The van der Waals surface area contributed by atoms with Gasteiger partial charge in [-0.15, -0.1) is 11.3 Å². The quantitative estimate of drug-likeness (QED) is 0.399. The Labute approximate surface area is 167 Å². The second-order valence-electron chi connectivity index (χ2n) is 6.86. The van der Waals surface area contributed by atoms with Crippen molar-refractivity contribution in [2.75, 3.05) is 0 Å². The van der Waals surface area contributed by atoms with Gasteiger partial charge < -0.3 is 4.98 Å². The topological polar surface area (TPSA) is 41.6 Å². The summed E-state index contributed by atoms with van der Waals surface area (Å²) in [4.78, 5) is 14.3. The van der Waals surface area contributed by atoms with E-state index in [-0.39, 0.29) is 0 Å². The highest BCUT2D eigenvalue weighted by Gasteiger charge is 2.11. The highest BCUT2D eigenvalue weighted by atomic mass is 32.1. The lowest BCUT2D eigenvalue weighted by Crippen LogP contribution is -1.90. The molecule has 2 aromatic heterocycles. The number of rotatable bonds is 4. The van der Waals surface area contributed by atoms with Crippen molar-refractivity contribution in [2.24, 2.45) is 0 Å². The number of nitrogens with zero attached hydrogens (tertiary/aromatic N) is 2. The van der Waals surface area contributed by atoms with Crippen LogP contribution < -0.4 is 0 Å². The fraction of sp³-hybridized carbons (Fsp3) is 0.0833. The van der Waals surface area contributed by atoms with Gasteiger partial charge >= 0.3 is 0 Å². The molecule has 28 heavy (non-hydrogen) atoms. The third kappa shape index (κ3) is 3.23. The Morgan fingerprint density at radius 1 is 0.786 bits per heavy atom. The van der Waals surface area contributed by atoms with Crippen molar-refractivity contribution in [3.05, 3.63) is 95.0 Å². The molecule has 0 spiro atoms. The molecule has 0 aliphatic carbocycles. The molecule has 3 aromatic carbocycles. The number of imidazole rings is 1. The van der Waals surface area contributed by atoms with Crippen molar-refractivity contribution in [1.29, 1.82) is 0 Å². The first-order valence-corrected chi connectivity index (χ1v) is 10.1. The fourth-order valence-electron chi connectivity index (χ4n) is 3.36. The molecular weight excluding hydrogens is 362 g/mol. The molecule has 0 aliphatic rings. The molecule has 0 saturated heterocycles. The van der Waals surface area contributed by atoms with Gasteiger partial charge in [0.2, 0.25) is 0 Å². The highest BCUT2D eigenvalue weighted by molar-refractivity contribution is 7.15. The standard InChI is InChI=1S/C24H19N3S/c1-16-22(15-17-7-3-2-4-8-17)27-24(28-16)19-13-11-18(12-14-19)23-25-20-9-5-6-10-21(20)26-23/h2-14H,15H2,1H3,(H,25,26). The van der Waals surface area contributed by atoms with Crippen LogP contribution in [0.4, 0.5) is 0 Å². The van der Waals surface area contributed by atoms with E-state index in [0.717, 1.165) is 45.1 Å². The summed E-state index contributed by atoms with van der Waals surface area (Å²) in [6.45, 7) is 2.15. The summed E-state index contributed by atoms with van der Waals surface area (Å²) in [6.07, 6.45) is 0.875. The average Bonchev–Trinajstić information content (AvgIpc) is 3.33. The van der Waals surface area contributed by atoms with Crippen molar-refractivity contribution >= 4 is 22.4 Å². The fourth-order valence-corrected chi connectivity index (χ4v) is 4.30. The summed E-state index contributed by atoms with van der Waals surface area (Å²) >= 11 is 1.76. The number of para-hydroxylation sites is 2. The monoisotopic (exact) mass is 381 g/mol. The Morgan fingerprint density at radius 2 is 1.50 bits per heavy atom. The molecule has 0 unspecified atom stereocenters. The Bertz CT molecular complexity index is 1200. The van der Waals surface area contributed by atoms with Gasteiger partial charge in [-0.3, -0.25) is 0 Å². The first-order chi connectivity index (χ1) is 13.8. The summed E-state index contributed by atoms with van der Waals surface area (Å²) in [7, 11) is 0. The van der Waals surface area contributed by atoms with Gasteiger partial charge in [-0.05, 0) is 24.6 Å². The van der Waals surface area contributed by atoms with E-state index in [2.05, 4.69) is 65.4 Å². The zero-order chi connectivity index (χ0) is 18.9. The van der Waals surface area contributed by atoms with Crippen LogP contribution in [0.3, 0.4) is 0 Å². The molecule has 3 nitrogen and oxygen atoms in total. The molecule has 0 saturated carbocycles. The molecular formula is C24H19N3S. The van der Waals surface area contributed by atoms with Crippen LogP contribution in [0.15, 0.2) is 78.9 Å². The van der Waals surface area contributed by atoms with Gasteiger partial charge in [-0.1, -0.05) is 66.7 Å². The predicted octanol–water partition coefficient (Wildman–Crippen LogP) is 6.25. The predicted molar refractivity (Wildman–Crippen MR) is 117 cm³/mol. The van der Waals surface area contributed by atoms with Gasteiger partial charge in [0.15, 0.2) is 0 Å². The lowest BCUT2D eigenvalue weighted by atomic mass is 10.1. The molecule has 1 N–H and O–H groups in total. The van der Waals surface area contributed by atoms with E-state index in [1.807, 2.05) is 30.3 Å². The normalized spacial score (nSPS) is 11.2. The van der Waals surface area contributed by atoms with E-state index in [9.17, 15) is 0 Å². The van der Waals surface area contributed by atoms with E-state index < -0.39 is 0 Å². The van der Waals surface area contributed by atoms with Crippen molar-refractivity contribution in [1.82, 2.24) is 15.0 Å².